The first-order valence-electron chi connectivity index (χ1n) is 6.73. The third-order valence-electron chi connectivity index (χ3n) is 3.33. The lowest BCUT2D eigenvalue weighted by Gasteiger charge is -2.18. The van der Waals surface area contributed by atoms with Crippen LogP contribution in [0.3, 0.4) is 0 Å². The van der Waals surface area contributed by atoms with Gasteiger partial charge in [0.15, 0.2) is 0 Å². The van der Waals surface area contributed by atoms with Gasteiger partial charge in [0, 0.05) is 31.7 Å². The Morgan fingerprint density at radius 1 is 1.21 bits per heavy atom. The van der Waals surface area contributed by atoms with Crippen molar-refractivity contribution in [3.63, 3.8) is 0 Å². The van der Waals surface area contributed by atoms with E-state index >= 15 is 0 Å². The normalized spacial score (nSPS) is 18.4. The summed E-state index contributed by atoms with van der Waals surface area (Å²) < 4.78 is 28.2. The molecular weight excluding hydrogens is 286 g/mol. The Kier molecular flexibility index (Phi) is 5.24. The van der Waals surface area contributed by atoms with E-state index < -0.39 is 10.0 Å². The van der Waals surface area contributed by atoms with Gasteiger partial charge in [-0.05, 0) is 19.3 Å². The van der Waals surface area contributed by atoms with E-state index in [1.54, 1.807) is 15.2 Å². The number of aryl methyl sites for hydroxylation is 1. The zero-order chi connectivity index (χ0) is 13.7. The van der Waals surface area contributed by atoms with E-state index in [0.717, 1.165) is 32.1 Å². The molecule has 0 saturated carbocycles. The molecule has 0 spiro atoms. The highest BCUT2D eigenvalue weighted by molar-refractivity contribution is 7.89. The van der Waals surface area contributed by atoms with Crippen molar-refractivity contribution in [1.29, 1.82) is 0 Å². The molecular formula is C12H20ClN3O2S. The molecule has 5 nitrogen and oxygen atoms in total. The van der Waals surface area contributed by atoms with E-state index in [1.807, 2.05) is 0 Å². The fraction of sp³-hybridized carbons (Fsp3) is 0.750. The lowest BCUT2D eigenvalue weighted by atomic mass is 10.2. The van der Waals surface area contributed by atoms with Crippen molar-refractivity contribution in [2.75, 3.05) is 19.0 Å². The van der Waals surface area contributed by atoms with Crippen molar-refractivity contribution in [2.45, 2.75) is 43.5 Å². The van der Waals surface area contributed by atoms with Gasteiger partial charge in [-0.1, -0.05) is 12.8 Å². The van der Waals surface area contributed by atoms with E-state index in [9.17, 15) is 8.42 Å². The van der Waals surface area contributed by atoms with Crippen molar-refractivity contribution in [3.05, 3.63) is 12.4 Å². The van der Waals surface area contributed by atoms with Crippen LogP contribution in [0.4, 0.5) is 0 Å². The van der Waals surface area contributed by atoms with Crippen LogP contribution in [0.15, 0.2) is 17.3 Å². The number of sulfonamides is 1. The minimum Gasteiger partial charge on any atom is -0.271 e. The molecule has 2 rings (SSSR count). The fourth-order valence-electron chi connectivity index (χ4n) is 2.25. The number of aromatic nitrogens is 2. The van der Waals surface area contributed by atoms with Gasteiger partial charge in [-0.15, -0.1) is 11.6 Å². The highest BCUT2D eigenvalue weighted by Gasteiger charge is 2.26. The monoisotopic (exact) mass is 305 g/mol. The molecule has 0 atom stereocenters. The molecule has 0 bridgehead atoms. The third-order valence-corrected chi connectivity index (χ3v) is 5.45. The first-order valence-corrected chi connectivity index (χ1v) is 8.70. The Labute approximate surface area is 119 Å². The zero-order valence-corrected chi connectivity index (χ0v) is 12.5. The first-order chi connectivity index (χ1) is 9.14. The molecule has 0 radical (unpaired) electrons. The molecule has 1 aromatic rings. The lowest BCUT2D eigenvalue weighted by molar-refractivity contribution is 0.423. The first kappa shape index (κ1) is 14.8. The maximum Gasteiger partial charge on any atom is 0.246 e. The molecule has 19 heavy (non-hydrogen) atoms. The molecule has 7 heteroatoms. The second-order valence-corrected chi connectivity index (χ2v) is 7.12. The topological polar surface area (TPSA) is 55.2 Å². The van der Waals surface area contributed by atoms with Crippen LogP contribution in [0, 0.1) is 0 Å². The Hall–Kier alpha value is -0.590. The number of hydrogen-bond acceptors (Lipinski definition) is 3. The van der Waals surface area contributed by atoms with Crippen molar-refractivity contribution in [3.8, 4) is 0 Å². The summed E-state index contributed by atoms with van der Waals surface area (Å²) in [5.41, 5.74) is 0. The summed E-state index contributed by atoms with van der Waals surface area (Å²) in [7, 11) is -3.37. The molecule has 0 amide bonds. The highest BCUT2D eigenvalue weighted by atomic mass is 35.5. The summed E-state index contributed by atoms with van der Waals surface area (Å²) in [6.45, 7) is 1.89. The molecule has 1 fully saturated rings. The van der Waals surface area contributed by atoms with Crippen LogP contribution in [0.5, 0.6) is 0 Å². The van der Waals surface area contributed by atoms with Crippen LogP contribution in [0.2, 0.25) is 0 Å². The molecule has 108 valence electrons. The summed E-state index contributed by atoms with van der Waals surface area (Å²) >= 11 is 5.62. The van der Waals surface area contributed by atoms with Gasteiger partial charge in [-0.25, -0.2) is 8.42 Å². The molecule has 1 aromatic heterocycles. The van der Waals surface area contributed by atoms with Gasteiger partial charge >= 0.3 is 0 Å². The minimum absolute atomic E-state index is 0.295. The van der Waals surface area contributed by atoms with Crippen LogP contribution in [0.1, 0.15) is 32.1 Å². The molecule has 1 saturated heterocycles. The van der Waals surface area contributed by atoms with Crippen molar-refractivity contribution >= 4 is 21.6 Å². The van der Waals surface area contributed by atoms with E-state index in [-0.39, 0.29) is 0 Å². The molecule has 2 heterocycles. The molecule has 0 N–H and O–H groups in total. The van der Waals surface area contributed by atoms with Crippen LogP contribution in [-0.4, -0.2) is 41.5 Å². The summed E-state index contributed by atoms with van der Waals surface area (Å²) in [6, 6.07) is 0. The van der Waals surface area contributed by atoms with Gasteiger partial charge in [0.05, 0.1) is 6.20 Å². The second kappa shape index (κ2) is 6.72. The Balaban J connectivity index is 2.11. The van der Waals surface area contributed by atoms with E-state index in [0.29, 0.717) is 30.4 Å². The molecule has 0 unspecified atom stereocenters. The van der Waals surface area contributed by atoms with Crippen molar-refractivity contribution in [1.82, 2.24) is 14.1 Å². The van der Waals surface area contributed by atoms with Gasteiger partial charge in [0.2, 0.25) is 10.0 Å². The Morgan fingerprint density at radius 2 is 1.89 bits per heavy atom. The van der Waals surface area contributed by atoms with Crippen molar-refractivity contribution < 1.29 is 8.42 Å². The molecule has 1 aliphatic heterocycles. The Morgan fingerprint density at radius 3 is 2.53 bits per heavy atom. The lowest BCUT2D eigenvalue weighted by Crippen LogP contribution is -2.31. The fourth-order valence-corrected chi connectivity index (χ4v) is 3.84. The van der Waals surface area contributed by atoms with Crippen LogP contribution < -0.4 is 0 Å². The summed E-state index contributed by atoms with van der Waals surface area (Å²) in [5, 5.41) is 4.09. The van der Waals surface area contributed by atoms with Gasteiger partial charge in [0.25, 0.3) is 0 Å². The summed E-state index contributed by atoms with van der Waals surface area (Å²) in [5.74, 6) is 0.550. The van der Waals surface area contributed by atoms with E-state index in [2.05, 4.69) is 5.10 Å². The smallest absolute Gasteiger partial charge is 0.246 e. The average Bonchev–Trinajstić information content (AvgIpc) is 2.70. The summed E-state index contributed by atoms with van der Waals surface area (Å²) in [6.07, 6.45) is 7.94. The maximum atomic E-state index is 12.5. The van der Waals surface area contributed by atoms with Gasteiger partial charge in [-0.2, -0.15) is 9.40 Å². The van der Waals surface area contributed by atoms with E-state index in [4.69, 9.17) is 11.6 Å². The molecule has 1 aliphatic rings. The van der Waals surface area contributed by atoms with Gasteiger partial charge in [-0.3, -0.25) is 4.68 Å². The maximum absolute atomic E-state index is 12.5. The highest BCUT2D eigenvalue weighted by Crippen LogP contribution is 2.19. The van der Waals surface area contributed by atoms with Crippen LogP contribution in [0.25, 0.3) is 0 Å². The van der Waals surface area contributed by atoms with Crippen molar-refractivity contribution in [2.24, 2.45) is 0 Å². The van der Waals surface area contributed by atoms with Crippen LogP contribution in [-0.2, 0) is 16.6 Å². The van der Waals surface area contributed by atoms with E-state index in [1.165, 1.54) is 6.20 Å². The zero-order valence-electron chi connectivity index (χ0n) is 11.0. The minimum atomic E-state index is -3.37. The standard InChI is InChI=1S/C12H20ClN3O2S/c13-6-5-7-15-11-12(10-14-15)19(17,18)16-8-3-1-2-4-9-16/h10-11H,1-9H2. The predicted octanol–water partition coefficient (Wildman–Crippen LogP) is 2.08. The summed E-state index contributed by atoms with van der Waals surface area (Å²) in [4.78, 5) is 0.295. The van der Waals surface area contributed by atoms with Crippen LogP contribution >= 0.6 is 11.6 Å². The number of halogens is 1. The largest absolute Gasteiger partial charge is 0.271 e. The second-order valence-electron chi connectivity index (χ2n) is 4.80. The predicted molar refractivity (Wildman–Crippen MR) is 74.8 cm³/mol. The number of hydrogen-bond donors (Lipinski definition) is 0. The number of rotatable bonds is 5. The number of alkyl halides is 1. The van der Waals surface area contributed by atoms with Gasteiger partial charge in [0.1, 0.15) is 4.90 Å². The third kappa shape index (κ3) is 3.70. The molecule has 0 aromatic carbocycles. The average molecular weight is 306 g/mol. The SMILES string of the molecule is O=S(=O)(c1cnn(CCCCl)c1)N1CCCCCC1. The Bertz CT molecular complexity index is 493. The molecule has 0 aliphatic carbocycles. The quantitative estimate of drug-likeness (QED) is 0.783. The number of nitrogens with zero attached hydrogens (tertiary/aromatic N) is 3. The van der Waals surface area contributed by atoms with Gasteiger partial charge < -0.3 is 0 Å².